The molecular weight excluding hydrogens is 321 g/mol. The Balaban J connectivity index is 2.59. The molecule has 0 aliphatic carbocycles. The maximum absolute atomic E-state index is 11.8. The third-order valence-corrected chi connectivity index (χ3v) is 3.11. The van der Waals surface area contributed by atoms with Crippen LogP contribution in [0.2, 0.25) is 0 Å². The van der Waals surface area contributed by atoms with Crippen LogP contribution in [0.5, 0.6) is 0 Å². The van der Waals surface area contributed by atoms with Crippen molar-refractivity contribution in [2.24, 2.45) is 5.92 Å². The first-order valence-electron chi connectivity index (χ1n) is 6.27. The zero-order chi connectivity index (χ0) is 15.2. The Morgan fingerprint density at radius 1 is 1.40 bits per heavy atom. The van der Waals surface area contributed by atoms with Gasteiger partial charge in [0.2, 0.25) is 9.70 Å². The second-order valence-corrected chi connectivity index (χ2v) is 7.25. The van der Waals surface area contributed by atoms with Crippen LogP contribution in [0, 0.1) is 5.92 Å². The summed E-state index contributed by atoms with van der Waals surface area (Å²) in [7, 11) is 0. The molecule has 112 valence electrons. The van der Waals surface area contributed by atoms with Gasteiger partial charge in [0.05, 0.1) is 0 Å². The fourth-order valence-corrected chi connectivity index (χ4v) is 1.96. The van der Waals surface area contributed by atoms with Crippen LogP contribution in [0.25, 0.3) is 0 Å². The van der Waals surface area contributed by atoms with Gasteiger partial charge in [-0.15, -0.1) is 0 Å². The van der Waals surface area contributed by atoms with Gasteiger partial charge < -0.3 is 5.32 Å². The highest BCUT2D eigenvalue weighted by Crippen LogP contribution is 2.29. The van der Waals surface area contributed by atoms with Gasteiger partial charge >= 0.3 is 0 Å². The van der Waals surface area contributed by atoms with E-state index in [0.717, 1.165) is 5.56 Å². The Labute approximate surface area is 134 Å². The van der Waals surface area contributed by atoms with E-state index in [0.29, 0.717) is 13.0 Å². The second kappa shape index (κ2) is 8.03. The highest BCUT2D eigenvalue weighted by atomic mass is 35.6. The standard InChI is InChI=1S/C13H18Cl3N3O/c1-9(2)6-11(20)19-12(13(14,15)16)18-8-10-4-3-5-17-7-10/h3-5,7,9,12,18H,6,8H2,1-2H3,(H,19,20)/t12-/m1/s1. The summed E-state index contributed by atoms with van der Waals surface area (Å²) < 4.78 is -1.63. The second-order valence-electron chi connectivity index (χ2n) is 4.88. The van der Waals surface area contributed by atoms with Crippen molar-refractivity contribution in [3.05, 3.63) is 30.1 Å². The number of hydrogen-bond acceptors (Lipinski definition) is 3. The fourth-order valence-electron chi connectivity index (χ4n) is 1.56. The van der Waals surface area contributed by atoms with E-state index in [-0.39, 0.29) is 11.8 Å². The first-order chi connectivity index (χ1) is 9.29. The molecule has 2 N–H and O–H groups in total. The van der Waals surface area contributed by atoms with Crippen LogP contribution >= 0.6 is 34.8 Å². The number of pyridine rings is 1. The zero-order valence-corrected chi connectivity index (χ0v) is 13.6. The van der Waals surface area contributed by atoms with E-state index in [9.17, 15) is 4.79 Å². The predicted octanol–water partition coefficient (Wildman–Crippen LogP) is 3.03. The van der Waals surface area contributed by atoms with Crippen molar-refractivity contribution in [1.29, 1.82) is 0 Å². The van der Waals surface area contributed by atoms with E-state index in [1.807, 2.05) is 26.0 Å². The topological polar surface area (TPSA) is 54.0 Å². The average Bonchev–Trinajstić information content (AvgIpc) is 2.33. The molecule has 0 bridgehead atoms. The third-order valence-electron chi connectivity index (χ3n) is 2.46. The van der Waals surface area contributed by atoms with Crippen LogP contribution in [0.4, 0.5) is 0 Å². The van der Waals surface area contributed by atoms with Gasteiger partial charge in [0.25, 0.3) is 0 Å². The normalized spacial score (nSPS) is 13.3. The molecule has 7 heteroatoms. The third kappa shape index (κ3) is 6.75. The number of aromatic nitrogens is 1. The van der Waals surface area contributed by atoms with Gasteiger partial charge in [0.15, 0.2) is 0 Å². The first-order valence-corrected chi connectivity index (χ1v) is 7.41. The van der Waals surface area contributed by atoms with Crippen LogP contribution in [0.3, 0.4) is 0 Å². The summed E-state index contributed by atoms with van der Waals surface area (Å²) in [6, 6.07) is 3.71. The Morgan fingerprint density at radius 3 is 2.60 bits per heavy atom. The molecule has 0 fully saturated rings. The van der Waals surface area contributed by atoms with Gasteiger partial charge in [-0.1, -0.05) is 54.7 Å². The van der Waals surface area contributed by atoms with E-state index in [1.165, 1.54) is 0 Å². The SMILES string of the molecule is CC(C)CC(=O)N[C@@H](NCc1cccnc1)C(Cl)(Cl)Cl. The summed E-state index contributed by atoms with van der Waals surface area (Å²) in [5.74, 6) is 0.0827. The molecule has 0 aliphatic heterocycles. The summed E-state index contributed by atoms with van der Waals surface area (Å²) in [5.41, 5.74) is 0.935. The molecular formula is C13H18Cl3N3O. The molecule has 1 atom stereocenters. The molecule has 20 heavy (non-hydrogen) atoms. The Morgan fingerprint density at radius 2 is 2.10 bits per heavy atom. The number of hydrogen-bond donors (Lipinski definition) is 2. The number of nitrogens with zero attached hydrogens (tertiary/aromatic N) is 1. The largest absolute Gasteiger partial charge is 0.337 e. The molecule has 0 radical (unpaired) electrons. The quantitative estimate of drug-likeness (QED) is 0.619. The van der Waals surface area contributed by atoms with Crippen molar-refractivity contribution in [3.8, 4) is 0 Å². The summed E-state index contributed by atoms with van der Waals surface area (Å²) in [5, 5.41) is 5.70. The van der Waals surface area contributed by atoms with E-state index in [1.54, 1.807) is 12.4 Å². The Hall–Kier alpha value is -0.550. The van der Waals surface area contributed by atoms with Crippen LogP contribution in [0.15, 0.2) is 24.5 Å². The van der Waals surface area contributed by atoms with Crippen LogP contribution in [0.1, 0.15) is 25.8 Å². The first kappa shape index (κ1) is 17.5. The molecule has 0 unspecified atom stereocenters. The lowest BCUT2D eigenvalue weighted by Crippen LogP contribution is -2.53. The molecule has 1 rings (SSSR count). The molecule has 0 aromatic carbocycles. The molecule has 4 nitrogen and oxygen atoms in total. The Kier molecular flexibility index (Phi) is 7.03. The number of rotatable bonds is 6. The lowest BCUT2D eigenvalue weighted by Gasteiger charge is -2.27. The van der Waals surface area contributed by atoms with Crippen molar-refractivity contribution in [3.63, 3.8) is 0 Å². The highest BCUT2D eigenvalue weighted by molar-refractivity contribution is 6.68. The van der Waals surface area contributed by atoms with Crippen molar-refractivity contribution >= 4 is 40.7 Å². The summed E-state index contributed by atoms with van der Waals surface area (Å²) in [4.78, 5) is 15.8. The summed E-state index contributed by atoms with van der Waals surface area (Å²) >= 11 is 17.7. The summed E-state index contributed by atoms with van der Waals surface area (Å²) in [6.45, 7) is 4.34. The van der Waals surface area contributed by atoms with E-state index >= 15 is 0 Å². The number of carbonyl (C=O) groups excluding carboxylic acids is 1. The molecule has 1 aromatic rings. The maximum atomic E-state index is 11.8. The van der Waals surface area contributed by atoms with Gasteiger partial charge in [0.1, 0.15) is 6.17 Å². The minimum Gasteiger partial charge on any atom is -0.337 e. The minimum atomic E-state index is -1.63. The van der Waals surface area contributed by atoms with E-state index in [4.69, 9.17) is 34.8 Å². The van der Waals surface area contributed by atoms with E-state index < -0.39 is 9.96 Å². The van der Waals surface area contributed by atoms with Crippen LogP contribution in [-0.4, -0.2) is 20.8 Å². The minimum absolute atomic E-state index is 0.157. The van der Waals surface area contributed by atoms with Crippen molar-refractivity contribution in [2.45, 2.75) is 36.8 Å². The number of nitrogens with one attached hydrogen (secondary N) is 2. The molecule has 1 aromatic heterocycles. The van der Waals surface area contributed by atoms with Gasteiger partial charge in [-0.3, -0.25) is 15.1 Å². The van der Waals surface area contributed by atoms with Gasteiger partial charge in [-0.25, -0.2) is 0 Å². The summed E-state index contributed by atoms with van der Waals surface area (Å²) in [6.07, 6.45) is 3.00. The Bertz CT molecular complexity index is 421. The van der Waals surface area contributed by atoms with Gasteiger partial charge in [-0.05, 0) is 17.5 Å². The molecule has 1 heterocycles. The lowest BCUT2D eigenvalue weighted by molar-refractivity contribution is -0.122. The van der Waals surface area contributed by atoms with Crippen molar-refractivity contribution < 1.29 is 4.79 Å². The highest BCUT2D eigenvalue weighted by Gasteiger charge is 2.33. The molecule has 1 amide bonds. The number of alkyl halides is 3. The number of carbonyl (C=O) groups is 1. The number of amides is 1. The number of halogens is 3. The van der Waals surface area contributed by atoms with Gasteiger partial charge in [-0.2, -0.15) is 0 Å². The fraction of sp³-hybridized carbons (Fsp3) is 0.538. The van der Waals surface area contributed by atoms with Crippen LogP contribution < -0.4 is 10.6 Å². The predicted molar refractivity (Wildman–Crippen MR) is 82.8 cm³/mol. The van der Waals surface area contributed by atoms with Crippen molar-refractivity contribution in [2.75, 3.05) is 0 Å². The van der Waals surface area contributed by atoms with E-state index in [2.05, 4.69) is 15.6 Å². The lowest BCUT2D eigenvalue weighted by atomic mass is 10.1. The molecule has 0 saturated carbocycles. The van der Waals surface area contributed by atoms with Crippen LogP contribution in [-0.2, 0) is 11.3 Å². The monoisotopic (exact) mass is 337 g/mol. The molecule has 0 aliphatic rings. The maximum Gasteiger partial charge on any atom is 0.223 e. The average molecular weight is 339 g/mol. The molecule has 0 spiro atoms. The van der Waals surface area contributed by atoms with Gasteiger partial charge in [0, 0.05) is 25.4 Å². The smallest absolute Gasteiger partial charge is 0.223 e. The zero-order valence-electron chi connectivity index (χ0n) is 11.4. The van der Waals surface area contributed by atoms with Crippen molar-refractivity contribution in [1.82, 2.24) is 15.6 Å². The molecule has 0 saturated heterocycles.